The van der Waals surface area contributed by atoms with E-state index in [2.05, 4.69) is 16.0 Å². The van der Waals surface area contributed by atoms with Crippen molar-refractivity contribution in [3.05, 3.63) is 46.9 Å². The second kappa shape index (κ2) is 9.71. The lowest BCUT2D eigenvalue weighted by Gasteiger charge is -2.20. The predicted octanol–water partition coefficient (Wildman–Crippen LogP) is 1.28. The van der Waals surface area contributed by atoms with Gasteiger partial charge in [-0.2, -0.15) is 0 Å². The van der Waals surface area contributed by atoms with Gasteiger partial charge < -0.3 is 31.3 Å². The second-order valence-corrected chi connectivity index (χ2v) is 9.09. The Labute approximate surface area is 184 Å². The van der Waals surface area contributed by atoms with Gasteiger partial charge in [0.2, 0.25) is 5.91 Å². The van der Waals surface area contributed by atoms with E-state index in [1.807, 2.05) is 6.92 Å². The molecule has 2 aliphatic rings. The SMILES string of the molecule is C[C@@H](O)[CH][C@@H]1NC(C(=O)O)=C(S[C@@H]2CN[C@H](C(=O)Nc3cccc(C(=O)O)c3)C2)[C@@H]1C. The van der Waals surface area contributed by atoms with Crippen LogP contribution in [0.4, 0.5) is 5.69 Å². The number of hydrogen-bond donors (Lipinski definition) is 6. The number of carbonyl (C=O) groups is 3. The van der Waals surface area contributed by atoms with Gasteiger partial charge in [0.1, 0.15) is 5.70 Å². The molecule has 0 saturated carbocycles. The van der Waals surface area contributed by atoms with E-state index in [9.17, 15) is 24.6 Å². The lowest BCUT2D eigenvalue weighted by molar-refractivity contribution is -0.133. The zero-order valence-electron chi connectivity index (χ0n) is 17.2. The fourth-order valence-corrected chi connectivity index (χ4v) is 5.19. The van der Waals surface area contributed by atoms with Crippen LogP contribution in [0.25, 0.3) is 0 Å². The monoisotopic (exact) mass is 448 g/mol. The Kier molecular flexibility index (Phi) is 7.24. The Morgan fingerprint density at radius 1 is 1.26 bits per heavy atom. The molecular formula is C21H26N3O6S. The molecule has 1 fully saturated rings. The van der Waals surface area contributed by atoms with Gasteiger partial charge in [-0.15, -0.1) is 11.8 Å². The maximum atomic E-state index is 12.6. The summed E-state index contributed by atoms with van der Waals surface area (Å²) in [6.07, 6.45) is 1.51. The molecule has 10 heteroatoms. The highest BCUT2D eigenvalue weighted by Crippen LogP contribution is 2.40. The van der Waals surface area contributed by atoms with Gasteiger partial charge in [0.25, 0.3) is 0 Å². The zero-order valence-corrected chi connectivity index (χ0v) is 18.0. The highest BCUT2D eigenvalue weighted by Gasteiger charge is 2.38. The number of anilines is 1. The molecule has 1 saturated heterocycles. The first-order chi connectivity index (χ1) is 14.7. The van der Waals surface area contributed by atoms with E-state index in [-0.39, 0.29) is 34.4 Å². The van der Waals surface area contributed by atoms with Crippen LogP contribution < -0.4 is 16.0 Å². The molecule has 167 valence electrons. The number of aliphatic carboxylic acids is 1. The van der Waals surface area contributed by atoms with Crippen molar-refractivity contribution in [1.82, 2.24) is 10.6 Å². The van der Waals surface area contributed by atoms with Crippen molar-refractivity contribution in [3.63, 3.8) is 0 Å². The standard InChI is InChI=1S/C21H26N3O6S/c1-10(25)6-15-11(2)18(17(24-15)21(29)30)31-14-8-16(22-9-14)19(26)23-13-5-3-4-12(7-13)20(27)28/h3-7,10-11,14-16,22,24-25H,8-9H2,1-2H3,(H,23,26)(H,27,28)(H,29,30)/t10-,11-,14+,15+,16+/m1/s1. The minimum Gasteiger partial charge on any atom is -0.478 e. The highest BCUT2D eigenvalue weighted by molar-refractivity contribution is 8.03. The number of carboxylic acid groups (broad SMARTS) is 2. The number of aromatic carboxylic acids is 1. The molecule has 0 unspecified atom stereocenters. The van der Waals surface area contributed by atoms with Gasteiger partial charge in [-0.25, -0.2) is 9.59 Å². The Bertz CT molecular complexity index is 903. The molecule has 31 heavy (non-hydrogen) atoms. The van der Waals surface area contributed by atoms with Gasteiger partial charge in [-0.1, -0.05) is 13.0 Å². The number of hydrogen-bond acceptors (Lipinski definition) is 7. The molecule has 1 aromatic rings. The lowest BCUT2D eigenvalue weighted by Crippen LogP contribution is -2.35. The quantitative estimate of drug-likeness (QED) is 0.346. The number of rotatable bonds is 8. The highest BCUT2D eigenvalue weighted by atomic mass is 32.2. The molecule has 1 aromatic carbocycles. The van der Waals surface area contributed by atoms with Crippen molar-refractivity contribution in [1.29, 1.82) is 0 Å². The summed E-state index contributed by atoms with van der Waals surface area (Å²) in [5.74, 6) is -2.50. The van der Waals surface area contributed by atoms with Gasteiger partial charge in [-0.3, -0.25) is 4.79 Å². The average molecular weight is 449 g/mol. The maximum absolute atomic E-state index is 12.6. The number of carbonyl (C=O) groups excluding carboxylic acids is 1. The summed E-state index contributed by atoms with van der Waals surface area (Å²) >= 11 is 1.44. The summed E-state index contributed by atoms with van der Waals surface area (Å²) in [6, 6.07) is 5.30. The van der Waals surface area contributed by atoms with E-state index >= 15 is 0 Å². The van der Waals surface area contributed by atoms with Gasteiger partial charge >= 0.3 is 11.9 Å². The molecule has 9 nitrogen and oxygen atoms in total. The van der Waals surface area contributed by atoms with Crippen molar-refractivity contribution < 1.29 is 29.7 Å². The third-order valence-corrected chi connectivity index (χ3v) is 6.81. The second-order valence-electron chi connectivity index (χ2n) is 7.75. The maximum Gasteiger partial charge on any atom is 0.352 e. The Hall–Kier alpha value is -2.56. The Morgan fingerprint density at radius 2 is 2.00 bits per heavy atom. The van der Waals surface area contributed by atoms with Gasteiger partial charge in [0.15, 0.2) is 0 Å². The van der Waals surface area contributed by atoms with Crippen molar-refractivity contribution in [2.75, 3.05) is 11.9 Å². The zero-order chi connectivity index (χ0) is 22.7. The van der Waals surface area contributed by atoms with Crippen LogP contribution in [0, 0.1) is 12.3 Å². The van der Waals surface area contributed by atoms with Crippen LogP contribution >= 0.6 is 11.8 Å². The predicted molar refractivity (Wildman–Crippen MR) is 117 cm³/mol. The molecule has 6 N–H and O–H groups in total. The number of amides is 1. The number of nitrogens with one attached hydrogen (secondary N) is 3. The van der Waals surface area contributed by atoms with E-state index in [1.54, 1.807) is 25.5 Å². The largest absolute Gasteiger partial charge is 0.478 e. The first kappa shape index (κ1) is 23.1. The summed E-state index contributed by atoms with van der Waals surface area (Å²) in [5.41, 5.74) is 0.631. The first-order valence-electron chi connectivity index (χ1n) is 9.97. The molecule has 3 rings (SSSR count). The van der Waals surface area contributed by atoms with Crippen molar-refractivity contribution in [2.45, 2.75) is 43.7 Å². The van der Waals surface area contributed by atoms with Gasteiger partial charge in [0.05, 0.1) is 17.7 Å². The third-order valence-electron chi connectivity index (χ3n) is 5.29. The molecular weight excluding hydrogens is 422 g/mol. The van der Waals surface area contributed by atoms with Crippen LogP contribution in [0.5, 0.6) is 0 Å². The molecule has 0 spiro atoms. The smallest absolute Gasteiger partial charge is 0.352 e. The average Bonchev–Trinajstić information content (AvgIpc) is 3.28. The fourth-order valence-electron chi connectivity index (χ4n) is 3.73. The van der Waals surface area contributed by atoms with Crippen LogP contribution in [-0.2, 0) is 9.59 Å². The van der Waals surface area contributed by atoms with E-state index in [4.69, 9.17) is 5.11 Å². The van der Waals surface area contributed by atoms with E-state index in [0.717, 1.165) is 0 Å². The minimum absolute atomic E-state index is 0.00000362. The molecule has 1 radical (unpaired) electrons. The number of aliphatic hydroxyl groups excluding tert-OH is 1. The number of thioether (sulfide) groups is 1. The van der Waals surface area contributed by atoms with Crippen LogP contribution in [-0.4, -0.2) is 63.1 Å². The number of aliphatic hydroxyl groups is 1. The first-order valence-corrected chi connectivity index (χ1v) is 10.8. The summed E-state index contributed by atoms with van der Waals surface area (Å²) in [7, 11) is 0. The summed E-state index contributed by atoms with van der Waals surface area (Å²) in [5, 5.41) is 37.1. The minimum atomic E-state index is -1.07. The third kappa shape index (κ3) is 5.57. The molecule has 2 aliphatic heterocycles. The molecule has 0 aliphatic carbocycles. The van der Waals surface area contributed by atoms with Crippen LogP contribution in [0.15, 0.2) is 34.9 Å². The van der Waals surface area contributed by atoms with E-state index < -0.39 is 24.1 Å². The molecule has 0 aromatic heterocycles. The topological polar surface area (TPSA) is 148 Å². The number of carboxylic acids is 2. The normalized spacial score (nSPS) is 26.4. The van der Waals surface area contributed by atoms with E-state index in [0.29, 0.717) is 23.6 Å². The molecule has 2 heterocycles. The van der Waals surface area contributed by atoms with Crippen LogP contribution in [0.3, 0.4) is 0 Å². The van der Waals surface area contributed by atoms with Gasteiger partial charge in [0, 0.05) is 40.8 Å². The molecule has 1 amide bonds. The Morgan fingerprint density at radius 3 is 2.65 bits per heavy atom. The molecule has 0 bridgehead atoms. The summed E-state index contributed by atoms with van der Waals surface area (Å²) in [4.78, 5) is 36.1. The van der Waals surface area contributed by atoms with Crippen molar-refractivity contribution in [3.8, 4) is 0 Å². The Balaban J connectivity index is 1.62. The fraction of sp³-hybridized carbons (Fsp3) is 0.429. The summed E-state index contributed by atoms with van der Waals surface area (Å²) < 4.78 is 0. The van der Waals surface area contributed by atoms with Crippen LogP contribution in [0.2, 0.25) is 0 Å². The van der Waals surface area contributed by atoms with Crippen LogP contribution in [0.1, 0.15) is 30.6 Å². The van der Waals surface area contributed by atoms with Crippen molar-refractivity contribution >= 4 is 35.3 Å². The lowest BCUT2D eigenvalue weighted by atomic mass is 9.99. The summed E-state index contributed by atoms with van der Waals surface area (Å²) in [6.45, 7) is 4.07. The van der Waals surface area contributed by atoms with E-state index in [1.165, 1.54) is 23.9 Å². The molecule has 5 atom stereocenters. The van der Waals surface area contributed by atoms with Gasteiger partial charge in [-0.05, 0) is 31.5 Å². The number of benzene rings is 1. The van der Waals surface area contributed by atoms with Crippen molar-refractivity contribution in [2.24, 2.45) is 5.92 Å².